The van der Waals surface area contributed by atoms with Crippen LogP contribution in [0, 0.1) is 35.0 Å². The maximum Gasteiger partial charge on any atom is 0.312 e. The van der Waals surface area contributed by atoms with Crippen molar-refractivity contribution in [3.05, 3.63) is 12.2 Å². The van der Waals surface area contributed by atoms with Crippen LogP contribution >= 0.6 is 0 Å². The summed E-state index contributed by atoms with van der Waals surface area (Å²) in [4.78, 5) is 12.8. The standard InChI is InChI=1S/C19H30O2/c1-12(2)16-8-5-13(3)9-17(16)21-18(20)19(4)11-14-6-7-15(19)10-14/h6-7,12-17H,5,8-11H2,1-4H3/t13-,14?,15?,16+,17-,19?/m1/s1. The average Bonchev–Trinajstić information content (AvgIpc) is 2.99. The molecule has 0 aromatic heterocycles. The first-order chi connectivity index (χ1) is 9.90. The van der Waals surface area contributed by atoms with Gasteiger partial charge in [-0.05, 0) is 62.2 Å². The van der Waals surface area contributed by atoms with Crippen LogP contribution in [0.25, 0.3) is 0 Å². The van der Waals surface area contributed by atoms with E-state index in [9.17, 15) is 4.79 Å². The summed E-state index contributed by atoms with van der Waals surface area (Å²) in [6.07, 6.45) is 10.4. The smallest absolute Gasteiger partial charge is 0.312 e. The molecule has 2 saturated carbocycles. The molecular formula is C19H30O2. The third kappa shape index (κ3) is 2.66. The van der Waals surface area contributed by atoms with E-state index in [1.807, 2.05) is 0 Å². The molecule has 3 aliphatic carbocycles. The van der Waals surface area contributed by atoms with E-state index < -0.39 is 0 Å². The number of esters is 1. The quantitative estimate of drug-likeness (QED) is 0.561. The molecule has 0 amide bonds. The summed E-state index contributed by atoms with van der Waals surface area (Å²) in [5, 5.41) is 0. The van der Waals surface area contributed by atoms with Crippen LogP contribution in [0.1, 0.15) is 59.8 Å². The Kier molecular flexibility index (Phi) is 3.92. The van der Waals surface area contributed by atoms with Gasteiger partial charge >= 0.3 is 5.97 Å². The third-order valence-electron chi connectivity index (χ3n) is 6.36. The van der Waals surface area contributed by atoms with E-state index >= 15 is 0 Å². The molecule has 21 heavy (non-hydrogen) atoms. The lowest BCUT2D eigenvalue weighted by molar-refractivity contribution is -0.169. The van der Waals surface area contributed by atoms with Crippen LogP contribution in [-0.2, 0) is 9.53 Å². The van der Waals surface area contributed by atoms with Gasteiger partial charge in [0.15, 0.2) is 0 Å². The van der Waals surface area contributed by atoms with Crippen molar-refractivity contribution in [3.8, 4) is 0 Å². The minimum absolute atomic E-state index is 0.0732. The van der Waals surface area contributed by atoms with E-state index in [0.717, 1.165) is 19.3 Å². The van der Waals surface area contributed by atoms with E-state index in [4.69, 9.17) is 4.74 Å². The molecule has 0 heterocycles. The number of carbonyl (C=O) groups is 1. The first kappa shape index (κ1) is 15.1. The van der Waals surface area contributed by atoms with Crippen molar-refractivity contribution < 1.29 is 9.53 Å². The number of carbonyl (C=O) groups excluding carboxylic acids is 1. The Balaban J connectivity index is 1.69. The molecule has 2 bridgehead atoms. The highest BCUT2D eigenvalue weighted by Gasteiger charge is 2.52. The second-order valence-electron chi connectivity index (χ2n) is 8.38. The molecule has 0 N–H and O–H groups in total. The van der Waals surface area contributed by atoms with Crippen LogP contribution in [0.15, 0.2) is 12.2 Å². The number of ether oxygens (including phenoxy) is 1. The third-order valence-corrected chi connectivity index (χ3v) is 6.36. The van der Waals surface area contributed by atoms with Gasteiger partial charge in [-0.2, -0.15) is 0 Å². The zero-order chi connectivity index (χ0) is 15.2. The summed E-state index contributed by atoms with van der Waals surface area (Å²) >= 11 is 0. The summed E-state index contributed by atoms with van der Waals surface area (Å²) < 4.78 is 6.10. The van der Waals surface area contributed by atoms with E-state index in [0.29, 0.717) is 29.6 Å². The average molecular weight is 290 g/mol. The van der Waals surface area contributed by atoms with Gasteiger partial charge in [0.25, 0.3) is 0 Å². The summed E-state index contributed by atoms with van der Waals surface area (Å²) in [7, 11) is 0. The van der Waals surface area contributed by atoms with Gasteiger partial charge in [0.1, 0.15) is 6.10 Å². The van der Waals surface area contributed by atoms with Gasteiger partial charge < -0.3 is 4.74 Å². The number of fused-ring (bicyclic) bond motifs is 2. The maximum absolute atomic E-state index is 12.8. The van der Waals surface area contributed by atoms with Crippen molar-refractivity contribution in [2.24, 2.45) is 35.0 Å². The van der Waals surface area contributed by atoms with Gasteiger partial charge in [-0.25, -0.2) is 0 Å². The zero-order valence-electron chi connectivity index (χ0n) is 14.0. The van der Waals surface area contributed by atoms with Crippen molar-refractivity contribution in [1.82, 2.24) is 0 Å². The fraction of sp³-hybridized carbons (Fsp3) is 0.842. The van der Waals surface area contributed by atoms with Crippen LogP contribution < -0.4 is 0 Å². The molecule has 118 valence electrons. The Hall–Kier alpha value is -0.790. The molecule has 2 nitrogen and oxygen atoms in total. The highest BCUT2D eigenvalue weighted by Crippen LogP contribution is 2.53. The molecular weight excluding hydrogens is 260 g/mol. The van der Waals surface area contributed by atoms with Crippen molar-refractivity contribution in [1.29, 1.82) is 0 Å². The number of hydrogen-bond acceptors (Lipinski definition) is 2. The molecule has 6 atom stereocenters. The highest BCUT2D eigenvalue weighted by atomic mass is 16.5. The number of rotatable bonds is 3. The largest absolute Gasteiger partial charge is 0.462 e. The summed E-state index contributed by atoms with van der Waals surface area (Å²) in [5.41, 5.74) is -0.262. The fourth-order valence-electron chi connectivity index (χ4n) is 4.85. The van der Waals surface area contributed by atoms with Crippen LogP contribution in [0.4, 0.5) is 0 Å². The summed E-state index contributed by atoms with van der Waals surface area (Å²) in [6, 6.07) is 0. The van der Waals surface area contributed by atoms with Crippen molar-refractivity contribution in [3.63, 3.8) is 0 Å². The molecule has 3 unspecified atom stereocenters. The van der Waals surface area contributed by atoms with Crippen molar-refractivity contribution >= 4 is 5.97 Å². The Labute approximate surface area is 129 Å². The SMILES string of the molecule is CC(C)[C@@H]1CC[C@@H](C)C[C@H]1OC(=O)C1(C)CC2C=CC1C2. The van der Waals surface area contributed by atoms with E-state index in [1.165, 1.54) is 12.8 Å². The topological polar surface area (TPSA) is 26.3 Å². The molecule has 0 spiro atoms. The second-order valence-corrected chi connectivity index (χ2v) is 8.38. The Bertz CT molecular complexity index is 439. The molecule has 2 fully saturated rings. The Morgan fingerprint density at radius 1 is 1.24 bits per heavy atom. The van der Waals surface area contributed by atoms with Crippen molar-refractivity contribution in [2.75, 3.05) is 0 Å². The van der Waals surface area contributed by atoms with Crippen LogP contribution in [0.3, 0.4) is 0 Å². The predicted molar refractivity (Wildman–Crippen MR) is 84.7 cm³/mol. The van der Waals surface area contributed by atoms with Gasteiger partial charge in [0.05, 0.1) is 5.41 Å². The molecule has 2 heteroatoms. The minimum atomic E-state index is -0.262. The molecule has 0 aliphatic heterocycles. The van der Waals surface area contributed by atoms with Crippen molar-refractivity contribution in [2.45, 2.75) is 65.9 Å². The minimum Gasteiger partial charge on any atom is -0.462 e. The van der Waals surface area contributed by atoms with Crippen LogP contribution in [0.5, 0.6) is 0 Å². The molecule has 0 aromatic carbocycles. The van der Waals surface area contributed by atoms with Crippen LogP contribution in [-0.4, -0.2) is 12.1 Å². The number of hydrogen-bond donors (Lipinski definition) is 0. The summed E-state index contributed by atoms with van der Waals surface area (Å²) in [6.45, 7) is 8.95. The van der Waals surface area contributed by atoms with E-state index in [2.05, 4.69) is 39.8 Å². The Morgan fingerprint density at radius 2 is 2.00 bits per heavy atom. The monoisotopic (exact) mass is 290 g/mol. The maximum atomic E-state index is 12.8. The van der Waals surface area contributed by atoms with Gasteiger partial charge in [0, 0.05) is 0 Å². The Morgan fingerprint density at radius 3 is 2.57 bits per heavy atom. The van der Waals surface area contributed by atoms with E-state index in [1.54, 1.807) is 0 Å². The lowest BCUT2D eigenvalue weighted by atomic mass is 9.74. The molecule has 3 aliphatic rings. The lowest BCUT2D eigenvalue weighted by Gasteiger charge is -2.39. The van der Waals surface area contributed by atoms with Gasteiger partial charge in [0.2, 0.25) is 0 Å². The molecule has 3 rings (SSSR count). The zero-order valence-corrected chi connectivity index (χ0v) is 14.0. The van der Waals surface area contributed by atoms with Gasteiger partial charge in [-0.15, -0.1) is 0 Å². The van der Waals surface area contributed by atoms with Crippen LogP contribution in [0.2, 0.25) is 0 Å². The van der Waals surface area contributed by atoms with E-state index in [-0.39, 0.29) is 17.5 Å². The first-order valence-electron chi connectivity index (χ1n) is 8.79. The molecule has 0 aromatic rings. The molecule has 0 saturated heterocycles. The predicted octanol–water partition coefficient (Wildman–Crippen LogP) is 4.59. The fourth-order valence-corrected chi connectivity index (χ4v) is 4.85. The number of allylic oxidation sites excluding steroid dienone is 2. The summed E-state index contributed by atoms with van der Waals surface area (Å²) in [5.74, 6) is 2.92. The first-order valence-corrected chi connectivity index (χ1v) is 8.79. The normalized spacial score (nSPS) is 45.3. The lowest BCUT2D eigenvalue weighted by Crippen LogP contribution is -2.41. The second kappa shape index (κ2) is 5.44. The molecule has 0 radical (unpaired) electrons. The van der Waals surface area contributed by atoms with Gasteiger partial charge in [-0.3, -0.25) is 4.79 Å². The van der Waals surface area contributed by atoms with Gasteiger partial charge in [-0.1, -0.05) is 39.3 Å². The highest BCUT2D eigenvalue weighted by molar-refractivity contribution is 5.78.